The van der Waals surface area contributed by atoms with Gasteiger partial charge in [0.1, 0.15) is 0 Å². The van der Waals surface area contributed by atoms with Crippen molar-refractivity contribution in [2.45, 2.75) is 45.2 Å². The molecule has 1 rings (SSSR count). The summed E-state index contributed by atoms with van der Waals surface area (Å²) in [6.07, 6.45) is 1.79. The lowest BCUT2D eigenvalue weighted by Crippen LogP contribution is -2.50. The number of amides is 2. The predicted octanol–water partition coefficient (Wildman–Crippen LogP) is 0.537. The summed E-state index contributed by atoms with van der Waals surface area (Å²) >= 11 is 0. The van der Waals surface area contributed by atoms with Gasteiger partial charge < -0.3 is 21.1 Å². The van der Waals surface area contributed by atoms with Crippen LogP contribution < -0.4 is 16.0 Å². The Morgan fingerprint density at radius 1 is 1.33 bits per heavy atom. The van der Waals surface area contributed by atoms with E-state index in [9.17, 15) is 9.59 Å². The van der Waals surface area contributed by atoms with E-state index in [-0.39, 0.29) is 30.5 Å². The van der Waals surface area contributed by atoms with Gasteiger partial charge in [-0.25, -0.2) is 4.79 Å². The molecule has 0 radical (unpaired) electrons. The molecule has 1 fully saturated rings. The van der Waals surface area contributed by atoms with E-state index in [2.05, 4.69) is 16.0 Å². The highest BCUT2D eigenvalue weighted by molar-refractivity contribution is 5.76. The second kappa shape index (κ2) is 7.20. The lowest BCUT2D eigenvalue weighted by Gasteiger charge is -2.26. The van der Waals surface area contributed by atoms with Gasteiger partial charge in [-0.1, -0.05) is 13.8 Å². The monoisotopic (exact) mass is 257 g/mol. The number of hydrogen-bond acceptors (Lipinski definition) is 3. The highest BCUT2D eigenvalue weighted by Crippen LogP contribution is 2.07. The normalized spacial score (nSPS) is 18.4. The van der Waals surface area contributed by atoms with Crippen molar-refractivity contribution in [3.8, 4) is 0 Å². The molecule has 0 saturated carbocycles. The summed E-state index contributed by atoms with van der Waals surface area (Å²) in [6, 6.07) is -0.407. The molecule has 6 nitrogen and oxygen atoms in total. The van der Waals surface area contributed by atoms with Crippen LogP contribution in [-0.4, -0.2) is 42.3 Å². The summed E-state index contributed by atoms with van der Waals surface area (Å²) in [6.45, 7) is 5.62. The van der Waals surface area contributed by atoms with Crippen LogP contribution in [0.25, 0.3) is 0 Å². The van der Waals surface area contributed by atoms with E-state index in [0.29, 0.717) is 0 Å². The van der Waals surface area contributed by atoms with Crippen molar-refractivity contribution in [3.05, 3.63) is 0 Å². The molecule has 2 amide bonds. The van der Waals surface area contributed by atoms with E-state index in [0.717, 1.165) is 25.9 Å². The van der Waals surface area contributed by atoms with Gasteiger partial charge in [0.15, 0.2) is 0 Å². The number of carboxylic acids is 1. The zero-order valence-electron chi connectivity index (χ0n) is 11.0. The highest BCUT2D eigenvalue weighted by Gasteiger charge is 2.21. The van der Waals surface area contributed by atoms with Crippen LogP contribution >= 0.6 is 0 Å². The van der Waals surface area contributed by atoms with Gasteiger partial charge in [-0.2, -0.15) is 0 Å². The van der Waals surface area contributed by atoms with Crippen LogP contribution in [0.15, 0.2) is 0 Å². The summed E-state index contributed by atoms with van der Waals surface area (Å²) in [5, 5.41) is 17.6. The Balaban J connectivity index is 2.37. The summed E-state index contributed by atoms with van der Waals surface area (Å²) in [5.41, 5.74) is 0. The minimum absolute atomic E-state index is 0.0443. The van der Waals surface area contributed by atoms with Crippen molar-refractivity contribution in [2.75, 3.05) is 13.1 Å². The molecule has 0 aromatic carbocycles. The third-order valence-electron chi connectivity index (χ3n) is 3.19. The van der Waals surface area contributed by atoms with Crippen molar-refractivity contribution in [3.63, 3.8) is 0 Å². The molecule has 18 heavy (non-hydrogen) atoms. The molecule has 1 aliphatic heterocycles. The van der Waals surface area contributed by atoms with Gasteiger partial charge in [0.05, 0.1) is 6.42 Å². The molecule has 1 unspecified atom stereocenters. The molecule has 0 aromatic heterocycles. The Morgan fingerprint density at radius 2 is 1.94 bits per heavy atom. The number of rotatable bonds is 5. The number of carbonyl (C=O) groups excluding carboxylic acids is 1. The molecule has 1 saturated heterocycles. The Morgan fingerprint density at radius 3 is 2.44 bits per heavy atom. The fraction of sp³-hybridized carbons (Fsp3) is 0.833. The molecule has 104 valence electrons. The lowest BCUT2D eigenvalue weighted by atomic mass is 10.0. The molecule has 1 heterocycles. The summed E-state index contributed by atoms with van der Waals surface area (Å²) < 4.78 is 0. The predicted molar refractivity (Wildman–Crippen MR) is 68.4 cm³/mol. The van der Waals surface area contributed by atoms with E-state index in [1.165, 1.54) is 0 Å². The quantitative estimate of drug-likeness (QED) is 0.578. The first kappa shape index (κ1) is 14.8. The topological polar surface area (TPSA) is 90.5 Å². The van der Waals surface area contributed by atoms with Crippen LogP contribution in [0.3, 0.4) is 0 Å². The fourth-order valence-electron chi connectivity index (χ4n) is 2.00. The number of aliphatic carboxylic acids is 1. The van der Waals surface area contributed by atoms with Crippen LogP contribution in [-0.2, 0) is 4.79 Å². The Bertz CT molecular complexity index is 288. The van der Waals surface area contributed by atoms with Gasteiger partial charge in [0.25, 0.3) is 0 Å². The third-order valence-corrected chi connectivity index (χ3v) is 3.19. The number of carboxylic acid groups (broad SMARTS) is 1. The van der Waals surface area contributed by atoms with Crippen molar-refractivity contribution in [1.29, 1.82) is 0 Å². The van der Waals surface area contributed by atoms with Gasteiger partial charge in [-0.15, -0.1) is 0 Å². The molecular formula is C12H23N3O3. The first-order chi connectivity index (χ1) is 8.49. The van der Waals surface area contributed by atoms with E-state index in [4.69, 9.17) is 5.11 Å². The summed E-state index contributed by atoms with van der Waals surface area (Å²) in [4.78, 5) is 22.5. The zero-order chi connectivity index (χ0) is 13.5. The SMILES string of the molecule is CC(C)C(CC(=O)O)NC(=O)NC1CCNCC1. The minimum atomic E-state index is -0.893. The van der Waals surface area contributed by atoms with Crippen LogP contribution in [0.2, 0.25) is 0 Å². The van der Waals surface area contributed by atoms with Crippen LogP contribution in [0.5, 0.6) is 0 Å². The van der Waals surface area contributed by atoms with Crippen LogP contribution in [0.1, 0.15) is 33.1 Å². The van der Waals surface area contributed by atoms with Gasteiger partial charge in [-0.3, -0.25) is 4.79 Å². The maximum absolute atomic E-state index is 11.8. The number of urea groups is 1. The largest absolute Gasteiger partial charge is 0.481 e. The average Bonchev–Trinajstić information content (AvgIpc) is 2.28. The van der Waals surface area contributed by atoms with E-state index < -0.39 is 5.97 Å². The molecule has 0 bridgehead atoms. The molecule has 4 N–H and O–H groups in total. The van der Waals surface area contributed by atoms with E-state index in [1.807, 2.05) is 13.8 Å². The van der Waals surface area contributed by atoms with Crippen LogP contribution in [0, 0.1) is 5.92 Å². The zero-order valence-corrected chi connectivity index (χ0v) is 11.0. The maximum Gasteiger partial charge on any atom is 0.315 e. The van der Waals surface area contributed by atoms with Crippen LogP contribution in [0.4, 0.5) is 4.79 Å². The highest BCUT2D eigenvalue weighted by atomic mass is 16.4. The van der Waals surface area contributed by atoms with E-state index >= 15 is 0 Å². The summed E-state index contributed by atoms with van der Waals surface area (Å²) in [5.74, 6) is -0.796. The first-order valence-corrected chi connectivity index (χ1v) is 6.48. The second-order valence-corrected chi connectivity index (χ2v) is 5.09. The molecule has 0 aliphatic carbocycles. The van der Waals surface area contributed by atoms with Gasteiger partial charge >= 0.3 is 12.0 Å². The number of nitrogens with one attached hydrogen (secondary N) is 3. The number of hydrogen-bond donors (Lipinski definition) is 4. The molecule has 0 spiro atoms. The third kappa shape index (κ3) is 5.35. The number of piperidine rings is 1. The van der Waals surface area contributed by atoms with Gasteiger partial charge in [-0.05, 0) is 31.8 Å². The van der Waals surface area contributed by atoms with Crippen molar-refractivity contribution in [1.82, 2.24) is 16.0 Å². The van der Waals surface area contributed by atoms with E-state index in [1.54, 1.807) is 0 Å². The summed E-state index contributed by atoms with van der Waals surface area (Å²) in [7, 11) is 0. The molecule has 0 aromatic rings. The van der Waals surface area contributed by atoms with Crippen molar-refractivity contribution >= 4 is 12.0 Å². The van der Waals surface area contributed by atoms with Gasteiger partial charge in [0.2, 0.25) is 0 Å². The smallest absolute Gasteiger partial charge is 0.315 e. The Kier molecular flexibility index (Phi) is 5.91. The molecular weight excluding hydrogens is 234 g/mol. The van der Waals surface area contributed by atoms with Gasteiger partial charge in [0, 0.05) is 12.1 Å². The average molecular weight is 257 g/mol. The second-order valence-electron chi connectivity index (χ2n) is 5.09. The molecule has 1 atom stereocenters. The molecule has 6 heteroatoms. The minimum Gasteiger partial charge on any atom is -0.481 e. The fourth-order valence-corrected chi connectivity index (χ4v) is 2.00. The Hall–Kier alpha value is -1.30. The molecule has 1 aliphatic rings. The Labute approximate surface area is 108 Å². The maximum atomic E-state index is 11.8. The van der Waals surface area contributed by atoms with Crippen molar-refractivity contribution in [2.24, 2.45) is 5.92 Å². The lowest BCUT2D eigenvalue weighted by molar-refractivity contribution is -0.137. The first-order valence-electron chi connectivity index (χ1n) is 6.48. The number of carbonyl (C=O) groups is 2. The van der Waals surface area contributed by atoms with Crippen molar-refractivity contribution < 1.29 is 14.7 Å². The standard InChI is InChI=1S/C12H23N3O3/c1-8(2)10(7-11(16)17)15-12(18)14-9-3-5-13-6-4-9/h8-10,13H,3-7H2,1-2H3,(H,16,17)(H2,14,15,18).